The number of rotatable bonds is 8. The summed E-state index contributed by atoms with van der Waals surface area (Å²) in [7, 11) is 1.57. The molecule has 16 heavy (non-hydrogen) atoms. The van der Waals surface area contributed by atoms with E-state index in [0.29, 0.717) is 19.4 Å². The van der Waals surface area contributed by atoms with E-state index >= 15 is 0 Å². The summed E-state index contributed by atoms with van der Waals surface area (Å²) in [5.41, 5.74) is 5.80. The summed E-state index contributed by atoms with van der Waals surface area (Å²) in [6.07, 6.45) is 0.805. The Labute approximate surface area is 97.3 Å². The lowest BCUT2D eigenvalue weighted by Crippen LogP contribution is -2.42. The minimum atomic E-state index is -0.137. The molecule has 0 saturated heterocycles. The number of hydrogen-bond acceptors (Lipinski definition) is 4. The van der Waals surface area contributed by atoms with Gasteiger partial charge >= 0.3 is 0 Å². The van der Waals surface area contributed by atoms with E-state index in [0.717, 1.165) is 0 Å². The Balaban J connectivity index is 3.98. The molecular weight excluding hydrogens is 208 g/mol. The fourth-order valence-corrected chi connectivity index (χ4v) is 1.29. The number of methoxy groups -OCH3 is 1. The Bertz CT molecular complexity index is 192. The minimum absolute atomic E-state index is 0.0323. The Hall–Kier alpha value is -0.650. The summed E-state index contributed by atoms with van der Waals surface area (Å²) in [5, 5.41) is 11.6. The van der Waals surface area contributed by atoms with Crippen LogP contribution >= 0.6 is 0 Å². The van der Waals surface area contributed by atoms with Gasteiger partial charge in [0.05, 0.1) is 12.6 Å². The lowest BCUT2D eigenvalue weighted by molar-refractivity contribution is -0.122. The number of hydrogen-bond donors (Lipinski definition) is 3. The quantitative estimate of drug-likeness (QED) is 0.544. The second-order valence-electron chi connectivity index (χ2n) is 4.34. The molecule has 5 nitrogen and oxygen atoms in total. The molecule has 5 heteroatoms. The van der Waals surface area contributed by atoms with E-state index in [1.54, 1.807) is 7.11 Å². The smallest absolute Gasteiger partial charge is 0.221 e. The summed E-state index contributed by atoms with van der Waals surface area (Å²) in [4.78, 5) is 11.6. The van der Waals surface area contributed by atoms with Crippen LogP contribution in [0, 0.1) is 5.92 Å². The van der Waals surface area contributed by atoms with Crippen molar-refractivity contribution in [3.8, 4) is 0 Å². The number of carbonyl (C=O) groups excluding carboxylic acids is 1. The second-order valence-corrected chi connectivity index (χ2v) is 4.34. The van der Waals surface area contributed by atoms with Gasteiger partial charge < -0.3 is 20.9 Å². The van der Waals surface area contributed by atoms with Crippen LogP contribution in [0.15, 0.2) is 0 Å². The third kappa shape index (κ3) is 6.76. The van der Waals surface area contributed by atoms with Crippen molar-refractivity contribution in [3.05, 3.63) is 0 Å². The van der Waals surface area contributed by atoms with Crippen molar-refractivity contribution in [1.29, 1.82) is 0 Å². The number of carbonyl (C=O) groups is 1. The lowest BCUT2D eigenvalue weighted by Gasteiger charge is -2.19. The van der Waals surface area contributed by atoms with E-state index in [1.807, 2.05) is 13.8 Å². The average Bonchev–Trinajstić information content (AvgIpc) is 2.17. The molecule has 0 aliphatic rings. The van der Waals surface area contributed by atoms with E-state index in [2.05, 4.69) is 5.32 Å². The Morgan fingerprint density at radius 1 is 1.50 bits per heavy atom. The molecule has 0 aromatic rings. The maximum Gasteiger partial charge on any atom is 0.221 e. The van der Waals surface area contributed by atoms with Crippen molar-refractivity contribution in [2.24, 2.45) is 11.7 Å². The first kappa shape index (κ1) is 15.3. The molecule has 0 spiro atoms. The van der Waals surface area contributed by atoms with Crippen LogP contribution in [0.1, 0.15) is 26.7 Å². The Morgan fingerprint density at radius 3 is 2.56 bits per heavy atom. The molecule has 0 aromatic heterocycles. The molecule has 0 bridgehead atoms. The Kier molecular flexibility index (Phi) is 8.15. The van der Waals surface area contributed by atoms with Gasteiger partial charge in [0.15, 0.2) is 0 Å². The maximum atomic E-state index is 11.6. The molecule has 0 saturated carbocycles. The molecule has 0 fully saturated rings. The first-order valence-electron chi connectivity index (χ1n) is 5.66. The van der Waals surface area contributed by atoms with Crippen molar-refractivity contribution >= 4 is 5.91 Å². The molecule has 1 amide bonds. The minimum Gasteiger partial charge on any atom is -0.396 e. The van der Waals surface area contributed by atoms with Gasteiger partial charge in [-0.3, -0.25) is 4.79 Å². The molecule has 0 aliphatic carbocycles. The van der Waals surface area contributed by atoms with Crippen LogP contribution in [-0.2, 0) is 9.53 Å². The van der Waals surface area contributed by atoms with Crippen molar-refractivity contribution in [2.75, 3.05) is 20.3 Å². The van der Waals surface area contributed by atoms with Gasteiger partial charge in [0.2, 0.25) is 5.91 Å². The van der Waals surface area contributed by atoms with Crippen LogP contribution < -0.4 is 11.1 Å². The van der Waals surface area contributed by atoms with Crippen molar-refractivity contribution in [2.45, 2.75) is 38.8 Å². The number of aliphatic hydroxyl groups is 1. The summed E-state index contributed by atoms with van der Waals surface area (Å²) in [6, 6.07) is -0.265. The van der Waals surface area contributed by atoms with Crippen molar-refractivity contribution in [1.82, 2.24) is 5.32 Å². The van der Waals surface area contributed by atoms with Crippen LogP contribution in [-0.4, -0.2) is 43.4 Å². The van der Waals surface area contributed by atoms with Gasteiger partial charge in [-0.15, -0.1) is 0 Å². The lowest BCUT2D eigenvalue weighted by atomic mass is 10.0. The molecule has 0 radical (unpaired) electrons. The van der Waals surface area contributed by atoms with Crippen LogP contribution in [0.3, 0.4) is 0 Å². The number of nitrogens with one attached hydrogen (secondary N) is 1. The number of nitrogens with two attached hydrogens (primary N) is 1. The van der Waals surface area contributed by atoms with Crippen molar-refractivity contribution < 1.29 is 14.6 Å². The zero-order valence-electron chi connectivity index (χ0n) is 10.4. The van der Waals surface area contributed by atoms with Gasteiger partial charge in [-0.25, -0.2) is 0 Å². The van der Waals surface area contributed by atoms with Crippen LogP contribution in [0.5, 0.6) is 0 Å². The zero-order chi connectivity index (χ0) is 12.6. The largest absolute Gasteiger partial charge is 0.396 e. The highest BCUT2D eigenvalue weighted by atomic mass is 16.5. The summed E-state index contributed by atoms with van der Waals surface area (Å²) in [5.74, 6) is 0.196. The number of aliphatic hydroxyl groups excluding tert-OH is 1. The highest BCUT2D eigenvalue weighted by molar-refractivity contribution is 5.76. The average molecular weight is 232 g/mol. The molecule has 0 rings (SSSR count). The van der Waals surface area contributed by atoms with Gasteiger partial charge in [-0.1, -0.05) is 13.8 Å². The maximum absolute atomic E-state index is 11.6. The molecule has 2 atom stereocenters. The van der Waals surface area contributed by atoms with Crippen LogP contribution in [0.2, 0.25) is 0 Å². The van der Waals surface area contributed by atoms with Gasteiger partial charge in [-0.05, 0) is 12.3 Å². The Morgan fingerprint density at radius 2 is 2.12 bits per heavy atom. The standard InChI is InChI=1S/C11H24N2O3/c1-8(2)10(12)6-11(15)13-9(4-5-14)7-16-3/h8-10,14H,4-7,12H2,1-3H3,(H,13,15). The number of amides is 1. The first-order chi connectivity index (χ1) is 7.51. The fraction of sp³-hybridized carbons (Fsp3) is 0.909. The van der Waals surface area contributed by atoms with Gasteiger partial charge in [0, 0.05) is 26.2 Å². The van der Waals surface area contributed by atoms with E-state index in [9.17, 15) is 4.79 Å². The molecule has 0 aliphatic heterocycles. The predicted octanol–water partition coefficient (Wildman–Crippen LogP) is -0.127. The van der Waals surface area contributed by atoms with Crippen LogP contribution in [0.25, 0.3) is 0 Å². The van der Waals surface area contributed by atoms with E-state index in [1.165, 1.54) is 0 Å². The fourth-order valence-electron chi connectivity index (χ4n) is 1.29. The summed E-state index contributed by atoms with van der Waals surface area (Å²) < 4.78 is 4.95. The molecular formula is C11H24N2O3. The highest BCUT2D eigenvalue weighted by Crippen LogP contribution is 2.03. The molecule has 0 heterocycles. The van der Waals surface area contributed by atoms with E-state index < -0.39 is 0 Å². The molecule has 0 aromatic carbocycles. The summed E-state index contributed by atoms with van der Waals surface area (Å²) in [6.45, 7) is 4.41. The third-order valence-electron chi connectivity index (χ3n) is 2.49. The SMILES string of the molecule is COCC(CCO)NC(=O)CC(N)C(C)C. The molecule has 4 N–H and O–H groups in total. The normalized spacial score (nSPS) is 14.9. The van der Waals surface area contributed by atoms with E-state index in [4.69, 9.17) is 15.6 Å². The second kappa shape index (κ2) is 8.50. The topological polar surface area (TPSA) is 84.6 Å². The first-order valence-corrected chi connectivity index (χ1v) is 5.66. The van der Waals surface area contributed by atoms with Gasteiger partial charge in [0.25, 0.3) is 0 Å². The number of ether oxygens (including phenoxy) is 1. The third-order valence-corrected chi connectivity index (χ3v) is 2.49. The predicted molar refractivity (Wildman–Crippen MR) is 62.9 cm³/mol. The highest BCUT2D eigenvalue weighted by Gasteiger charge is 2.16. The molecule has 96 valence electrons. The zero-order valence-corrected chi connectivity index (χ0v) is 10.4. The van der Waals surface area contributed by atoms with Gasteiger partial charge in [0.1, 0.15) is 0 Å². The van der Waals surface area contributed by atoms with Gasteiger partial charge in [-0.2, -0.15) is 0 Å². The van der Waals surface area contributed by atoms with Crippen molar-refractivity contribution in [3.63, 3.8) is 0 Å². The van der Waals surface area contributed by atoms with E-state index in [-0.39, 0.29) is 30.5 Å². The van der Waals surface area contributed by atoms with Crippen LogP contribution in [0.4, 0.5) is 0 Å². The molecule has 2 unspecified atom stereocenters. The summed E-state index contributed by atoms with van der Waals surface area (Å²) >= 11 is 0. The monoisotopic (exact) mass is 232 g/mol.